The first-order valence-corrected chi connectivity index (χ1v) is 12.6. The molecule has 0 bridgehead atoms. The number of rotatable bonds is 8. The Morgan fingerprint density at radius 3 is 2.43 bits per heavy atom. The Hall–Kier alpha value is -2.05. The van der Waals surface area contributed by atoms with E-state index in [1.165, 1.54) is 16.1 Å². The van der Waals surface area contributed by atoms with Crippen LogP contribution in [-0.4, -0.2) is 45.1 Å². The van der Waals surface area contributed by atoms with Crippen LogP contribution in [0.5, 0.6) is 0 Å². The van der Waals surface area contributed by atoms with Gasteiger partial charge in [0.1, 0.15) is 0 Å². The molecule has 1 aliphatic rings. The summed E-state index contributed by atoms with van der Waals surface area (Å²) in [5.74, 6) is 0.715. The first-order valence-electron chi connectivity index (χ1n) is 10.4. The highest BCUT2D eigenvalue weighted by atomic mass is 35.5. The van der Waals surface area contributed by atoms with E-state index in [2.05, 4.69) is 24.3 Å². The van der Waals surface area contributed by atoms with Gasteiger partial charge >= 0.3 is 0 Å². The minimum absolute atomic E-state index is 0.104. The number of amides is 1. The van der Waals surface area contributed by atoms with E-state index in [4.69, 9.17) is 11.6 Å². The molecule has 5 nitrogen and oxygen atoms in total. The number of benzene rings is 2. The SMILES string of the molecule is CS(=O)(=O)N(CCCC(=O)N1CCC(Cc2ccccc2)CC1)c1cccc(Cl)c1. The molecule has 2 aromatic rings. The summed E-state index contributed by atoms with van der Waals surface area (Å²) in [6, 6.07) is 17.2. The molecule has 7 heteroatoms. The van der Waals surface area contributed by atoms with Crippen LogP contribution in [0.2, 0.25) is 5.02 Å². The van der Waals surface area contributed by atoms with Crippen LogP contribution in [0, 0.1) is 5.92 Å². The number of sulfonamides is 1. The highest BCUT2D eigenvalue weighted by molar-refractivity contribution is 7.92. The largest absolute Gasteiger partial charge is 0.343 e. The molecule has 1 heterocycles. The van der Waals surface area contributed by atoms with Crippen molar-refractivity contribution in [3.05, 3.63) is 65.2 Å². The van der Waals surface area contributed by atoms with Gasteiger partial charge in [-0.2, -0.15) is 0 Å². The molecule has 1 aliphatic heterocycles. The van der Waals surface area contributed by atoms with Crippen molar-refractivity contribution < 1.29 is 13.2 Å². The van der Waals surface area contributed by atoms with Gasteiger partial charge in [0.25, 0.3) is 0 Å². The monoisotopic (exact) mass is 448 g/mol. The molecular formula is C23H29ClN2O3S. The predicted molar refractivity (Wildman–Crippen MR) is 122 cm³/mol. The van der Waals surface area contributed by atoms with E-state index >= 15 is 0 Å². The third kappa shape index (κ3) is 6.47. The molecule has 0 aliphatic carbocycles. The van der Waals surface area contributed by atoms with Crippen LogP contribution < -0.4 is 4.31 Å². The lowest BCUT2D eigenvalue weighted by molar-refractivity contribution is -0.132. The second-order valence-corrected chi connectivity index (χ2v) is 10.3. The van der Waals surface area contributed by atoms with Crippen LogP contribution in [0.4, 0.5) is 5.69 Å². The second kappa shape index (κ2) is 10.3. The van der Waals surface area contributed by atoms with Crippen molar-refractivity contribution in [3.8, 4) is 0 Å². The van der Waals surface area contributed by atoms with E-state index in [1.807, 2.05) is 11.0 Å². The van der Waals surface area contributed by atoms with E-state index in [0.717, 1.165) is 32.4 Å². The standard InChI is InChI=1S/C23H29ClN2O3S/c1-30(28,29)26(22-10-5-9-21(24)18-22)14-6-11-23(27)25-15-12-20(13-16-25)17-19-7-3-2-4-8-19/h2-5,7-10,18,20H,6,11-17H2,1H3. The molecular weight excluding hydrogens is 420 g/mol. The fourth-order valence-electron chi connectivity index (χ4n) is 3.98. The maximum Gasteiger partial charge on any atom is 0.232 e. The summed E-state index contributed by atoms with van der Waals surface area (Å²) in [7, 11) is -3.44. The molecule has 0 atom stereocenters. The summed E-state index contributed by atoms with van der Waals surface area (Å²) in [6.45, 7) is 1.82. The van der Waals surface area contributed by atoms with Crippen molar-refractivity contribution in [2.75, 3.05) is 30.2 Å². The number of piperidine rings is 1. The summed E-state index contributed by atoms with van der Waals surface area (Å²) >= 11 is 6.01. The van der Waals surface area contributed by atoms with Gasteiger partial charge in [-0.3, -0.25) is 9.10 Å². The van der Waals surface area contributed by atoms with Crippen LogP contribution >= 0.6 is 11.6 Å². The topological polar surface area (TPSA) is 57.7 Å². The number of carbonyl (C=O) groups excluding carboxylic acids is 1. The lowest BCUT2D eigenvalue weighted by Crippen LogP contribution is -2.39. The Balaban J connectivity index is 1.47. The number of hydrogen-bond donors (Lipinski definition) is 0. The van der Waals surface area contributed by atoms with Gasteiger partial charge in [-0.15, -0.1) is 0 Å². The summed E-state index contributed by atoms with van der Waals surface area (Å²) in [5, 5.41) is 0.482. The summed E-state index contributed by atoms with van der Waals surface area (Å²) in [5.41, 5.74) is 1.88. The minimum Gasteiger partial charge on any atom is -0.343 e. The molecule has 162 valence electrons. The predicted octanol–water partition coefficient (Wildman–Crippen LogP) is 4.37. The molecule has 3 rings (SSSR count). The maximum absolute atomic E-state index is 12.6. The fraction of sp³-hybridized carbons (Fsp3) is 0.435. The molecule has 1 saturated heterocycles. The van der Waals surface area contributed by atoms with Gasteiger partial charge in [0.2, 0.25) is 15.9 Å². The summed E-state index contributed by atoms with van der Waals surface area (Å²) in [6.07, 6.45) is 5.08. The van der Waals surface area contributed by atoms with Gasteiger partial charge in [0.15, 0.2) is 0 Å². The van der Waals surface area contributed by atoms with Crippen LogP contribution in [0.3, 0.4) is 0 Å². The lowest BCUT2D eigenvalue weighted by Gasteiger charge is -2.32. The highest BCUT2D eigenvalue weighted by Crippen LogP contribution is 2.24. The zero-order chi connectivity index (χ0) is 21.6. The first kappa shape index (κ1) is 22.6. The second-order valence-electron chi connectivity index (χ2n) is 7.93. The number of halogens is 1. The smallest absolute Gasteiger partial charge is 0.232 e. The summed E-state index contributed by atoms with van der Waals surface area (Å²) < 4.78 is 25.7. The van der Waals surface area contributed by atoms with Crippen LogP contribution in [0.25, 0.3) is 0 Å². The molecule has 0 aromatic heterocycles. The average Bonchev–Trinajstić information content (AvgIpc) is 2.71. The maximum atomic E-state index is 12.6. The molecule has 2 aromatic carbocycles. The Morgan fingerprint density at radius 1 is 1.10 bits per heavy atom. The van der Waals surface area contributed by atoms with E-state index in [9.17, 15) is 13.2 Å². The van der Waals surface area contributed by atoms with Crippen molar-refractivity contribution in [1.82, 2.24) is 4.90 Å². The summed E-state index contributed by atoms with van der Waals surface area (Å²) in [4.78, 5) is 14.5. The van der Waals surface area contributed by atoms with Gasteiger partial charge in [-0.05, 0) is 55.4 Å². The fourth-order valence-corrected chi connectivity index (χ4v) is 5.13. The zero-order valence-electron chi connectivity index (χ0n) is 17.3. The Kier molecular flexibility index (Phi) is 7.78. The van der Waals surface area contributed by atoms with E-state index in [1.54, 1.807) is 24.3 Å². The normalized spacial score (nSPS) is 15.2. The zero-order valence-corrected chi connectivity index (χ0v) is 18.9. The van der Waals surface area contributed by atoms with Gasteiger partial charge in [-0.25, -0.2) is 8.42 Å². The molecule has 1 fully saturated rings. The lowest BCUT2D eigenvalue weighted by atomic mass is 9.90. The Labute approximate surface area is 184 Å². The van der Waals surface area contributed by atoms with Crippen molar-refractivity contribution in [1.29, 1.82) is 0 Å². The molecule has 0 unspecified atom stereocenters. The third-order valence-electron chi connectivity index (χ3n) is 5.58. The van der Waals surface area contributed by atoms with Crippen molar-refractivity contribution in [2.45, 2.75) is 32.1 Å². The number of carbonyl (C=O) groups is 1. The van der Waals surface area contributed by atoms with Crippen LogP contribution in [-0.2, 0) is 21.2 Å². The number of nitrogens with zero attached hydrogens (tertiary/aromatic N) is 2. The third-order valence-corrected chi connectivity index (χ3v) is 7.01. The molecule has 0 radical (unpaired) electrons. The molecule has 30 heavy (non-hydrogen) atoms. The Bertz CT molecular complexity index is 942. The van der Waals surface area contributed by atoms with E-state index in [0.29, 0.717) is 29.5 Å². The Morgan fingerprint density at radius 2 is 1.80 bits per heavy atom. The quantitative estimate of drug-likeness (QED) is 0.602. The van der Waals surface area contributed by atoms with Gasteiger partial charge in [-0.1, -0.05) is 48.0 Å². The highest BCUT2D eigenvalue weighted by Gasteiger charge is 2.23. The minimum atomic E-state index is -3.44. The molecule has 0 spiro atoms. The van der Waals surface area contributed by atoms with Gasteiger partial charge < -0.3 is 4.90 Å². The molecule has 0 saturated carbocycles. The van der Waals surface area contributed by atoms with E-state index in [-0.39, 0.29) is 12.5 Å². The number of anilines is 1. The van der Waals surface area contributed by atoms with Gasteiger partial charge in [0, 0.05) is 31.1 Å². The average molecular weight is 449 g/mol. The van der Waals surface area contributed by atoms with Crippen molar-refractivity contribution in [3.63, 3.8) is 0 Å². The van der Waals surface area contributed by atoms with Crippen molar-refractivity contribution >= 4 is 33.2 Å². The van der Waals surface area contributed by atoms with Gasteiger partial charge in [0.05, 0.1) is 11.9 Å². The molecule has 0 N–H and O–H groups in total. The van der Waals surface area contributed by atoms with Crippen LogP contribution in [0.15, 0.2) is 54.6 Å². The van der Waals surface area contributed by atoms with E-state index < -0.39 is 10.0 Å². The van der Waals surface area contributed by atoms with Crippen molar-refractivity contribution in [2.24, 2.45) is 5.92 Å². The number of hydrogen-bond acceptors (Lipinski definition) is 3. The number of likely N-dealkylation sites (tertiary alicyclic amines) is 1. The first-order chi connectivity index (χ1) is 14.3. The van der Waals surface area contributed by atoms with Crippen LogP contribution in [0.1, 0.15) is 31.2 Å². The molecule has 1 amide bonds.